The van der Waals surface area contributed by atoms with Crippen molar-refractivity contribution in [3.63, 3.8) is 0 Å². The number of aryl methyl sites for hydroxylation is 1. The molecule has 0 nitrogen and oxygen atoms in total. The molecule has 0 aliphatic carbocycles. The van der Waals surface area contributed by atoms with Crippen molar-refractivity contribution < 1.29 is 8.78 Å². The second-order valence-electron chi connectivity index (χ2n) is 4.88. The topological polar surface area (TPSA) is 0 Å². The number of unbranched alkanes of at least 4 members (excludes halogenated alkanes) is 2. The highest BCUT2D eigenvalue weighted by atomic mass is 79.9. The molecule has 0 bridgehead atoms. The Hall–Kier alpha value is -1.22. The van der Waals surface area contributed by atoms with Gasteiger partial charge in [-0.3, -0.25) is 0 Å². The SMILES string of the molecule is CCCCCc1ccc(-c2ccc(Br)c(F)c2F)cc1. The summed E-state index contributed by atoms with van der Waals surface area (Å²) in [6.07, 6.45) is 4.61. The molecule has 2 aromatic carbocycles. The minimum Gasteiger partial charge on any atom is -0.203 e. The third-order valence-corrected chi connectivity index (χ3v) is 3.98. The average Bonchev–Trinajstić information content (AvgIpc) is 2.46. The van der Waals surface area contributed by atoms with E-state index in [1.165, 1.54) is 24.5 Å². The molecular weight excluding hydrogens is 322 g/mol. The van der Waals surface area contributed by atoms with Crippen molar-refractivity contribution in [2.75, 3.05) is 0 Å². The number of hydrogen-bond acceptors (Lipinski definition) is 0. The quantitative estimate of drug-likeness (QED) is 0.454. The van der Waals surface area contributed by atoms with Crippen LogP contribution in [0.25, 0.3) is 11.1 Å². The van der Waals surface area contributed by atoms with Crippen LogP contribution >= 0.6 is 15.9 Å². The van der Waals surface area contributed by atoms with Crippen LogP contribution in [-0.2, 0) is 6.42 Å². The molecule has 2 aromatic rings. The Balaban J connectivity index is 2.20. The first-order chi connectivity index (χ1) is 9.63. The molecule has 0 spiro atoms. The van der Waals surface area contributed by atoms with Gasteiger partial charge in [0.05, 0.1) is 4.47 Å². The highest BCUT2D eigenvalue weighted by Gasteiger charge is 2.13. The molecule has 0 unspecified atom stereocenters. The Labute approximate surface area is 127 Å². The highest BCUT2D eigenvalue weighted by molar-refractivity contribution is 9.10. The van der Waals surface area contributed by atoms with Crippen molar-refractivity contribution in [2.45, 2.75) is 32.6 Å². The molecule has 0 atom stereocenters. The zero-order valence-electron chi connectivity index (χ0n) is 11.4. The number of rotatable bonds is 5. The van der Waals surface area contributed by atoms with E-state index in [1.54, 1.807) is 6.07 Å². The van der Waals surface area contributed by atoms with Crippen molar-refractivity contribution in [3.8, 4) is 11.1 Å². The molecule has 0 saturated heterocycles. The van der Waals surface area contributed by atoms with E-state index in [1.807, 2.05) is 24.3 Å². The van der Waals surface area contributed by atoms with Crippen LogP contribution in [0.5, 0.6) is 0 Å². The number of hydrogen-bond donors (Lipinski definition) is 0. The van der Waals surface area contributed by atoms with E-state index < -0.39 is 11.6 Å². The van der Waals surface area contributed by atoms with Crippen LogP contribution in [0.2, 0.25) is 0 Å². The fourth-order valence-electron chi connectivity index (χ4n) is 2.18. The molecule has 3 heteroatoms. The molecule has 0 saturated carbocycles. The maximum absolute atomic E-state index is 13.9. The van der Waals surface area contributed by atoms with E-state index in [-0.39, 0.29) is 4.47 Å². The molecule has 0 fully saturated rings. The van der Waals surface area contributed by atoms with Crippen LogP contribution in [0.3, 0.4) is 0 Å². The van der Waals surface area contributed by atoms with E-state index >= 15 is 0 Å². The second-order valence-corrected chi connectivity index (χ2v) is 5.73. The molecule has 0 aromatic heterocycles. The van der Waals surface area contributed by atoms with Crippen LogP contribution in [0, 0.1) is 11.6 Å². The van der Waals surface area contributed by atoms with Gasteiger partial charge in [0.15, 0.2) is 11.6 Å². The molecule has 0 N–H and O–H groups in total. The van der Waals surface area contributed by atoms with Gasteiger partial charge < -0.3 is 0 Å². The van der Waals surface area contributed by atoms with Gasteiger partial charge in [0.25, 0.3) is 0 Å². The molecule has 0 amide bonds. The fraction of sp³-hybridized carbons (Fsp3) is 0.294. The van der Waals surface area contributed by atoms with Gasteiger partial charge in [0.1, 0.15) is 0 Å². The van der Waals surface area contributed by atoms with Crippen LogP contribution in [0.1, 0.15) is 31.7 Å². The van der Waals surface area contributed by atoms with Gasteiger partial charge in [0, 0.05) is 5.56 Å². The molecule has 20 heavy (non-hydrogen) atoms. The summed E-state index contributed by atoms with van der Waals surface area (Å²) in [4.78, 5) is 0. The average molecular weight is 339 g/mol. The molecule has 2 rings (SSSR count). The molecule has 106 valence electrons. The van der Waals surface area contributed by atoms with Crippen molar-refractivity contribution >= 4 is 15.9 Å². The van der Waals surface area contributed by atoms with Gasteiger partial charge in [-0.2, -0.15) is 0 Å². The summed E-state index contributed by atoms with van der Waals surface area (Å²) in [5, 5.41) is 0. The fourth-order valence-corrected chi connectivity index (χ4v) is 2.49. The Morgan fingerprint density at radius 3 is 2.25 bits per heavy atom. The Kier molecular flexibility index (Phi) is 5.30. The van der Waals surface area contributed by atoms with Gasteiger partial charge in [-0.05, 0) is 46.0 Å². The van der Waals surface area contributed by atoms with E-state index in [0.29, 0.717) is 11.1 Å². The number of halogens is 3. The summed E-state index contributed by atoms with van der Waals surface area (Å²) in [5.41, 5.74) is 2.24. The lowest BCUT2D eigenvalue weighted by atomic mass is 10.0. The monoisotopic (exact) mass is 338 g/mol. The van der Waals surface area contributed by atoms with Gasteiger partial charge >= 0.3 is 0 Å². The predicted molar refractivity (Wildman–Crippen MR) is 82.7 cm³/mol. The summed E-state index contributed by atoms with van der Waals surface area (Å²) >= 11 is 2.98. The van der Waals surface area contributed by atoms with Crippen molar-refractivity contribution in [2.24, 2.45) is 0 Å². The summed E-state index contributed by atoms with van der Waals surface area (Å²) in [5.74, 6) is -1.65. The summed E-state index contributed by atoms with van der Waals surface area (Å²) in [7, 11) is 0. The Bertz CT molecular complexity index is 576. The minimum absolute atomic E-state index is 0.148. The van der Waals surface area contributed by atoms with Crippen molar-refractivity contribution in [1.29, 1.82) is 0 Å². The van der Waals surface area contributed by atoms with E-state index in [4.69, 9.17) is 0 Å². The summed E-state index contributed by atoms with van der Waals surface area (Å²) in [6.45, 7) is 2.17. The van der Waals surface area contributed by atoms with Gasteiger partial charge in [-0.1, -0.05) is 50.1 Å². The first-order valence-electron chi connectivity index (χ1n) is 6.86. The van der Waals surface area contributed by atoms with E-state index in [9.17, 15) is 8.78 Å². The van der Waals surface area contributed by atoms with Crippen molar-refractivity contribution in [3.05, 3.63) is 58.1 Å². The van der Waals surface area contributed by atoms with Gasteiger partial charge in [-0.15, -0.1) is 0 Å². The predicted octanol–water partition coefficient (Wildman–Crippen LogP) is 6.13. The zero-order chi connectivity index (χ0) is 14.5. The van der Waals surface area contributed by atoms with Crippen LogP contribution < -0.4 is 0 Å². The number of benzene rings is 2. The van der Waals surface area contributed by atoms with Gasteiger partial charge in [-0.25, -0.2) is 8.78 Å². The third kappa shape index (κ3) is 3.45. The smallest absolute Gasteiger partial charge is 0.173 e. The second kappa shape index (κ2) is 6.98. The molecular formula is C17H17BrF2. The standard InChI is InChI=1S/C17H17BrF2/c1-2-3-4-5-12-6-8-13(9-7-12)14-10-11-15(18)17(20)16(14)19/h6-11H,2-5H2,1H3. The maximum Gasteiger partial charge on any atom is 0.173 e. The Morgan fingerprint density at radius 2 is 1.60 bits per heavy atom. The first-order valence-corrected chi connectivity index (χ1v) is 7.65. The van der Waals surface area contributed by atoms with Crippen LogP contribution in [-0.4, -0.2) is 0 Å². The lowest BCUT2D eigenvalue weighted by Crippen LogP contribution is -1.92. The molecule has 0 aliphatic rings. The van der Waals surface area contributed by atoms with Gasteiger partial charge in [0.2, 0.25) is 0 Å². The minimum atomic E-state index is -0.838. The highest BCUT2D eigenvalue weighted by Crippen LogP contribution is 2.29. The van der Waals surface area contributed by atoms with E-state index in [0.717, 1.165) is 12.8 Å². The molecule has 0 radical (unpaired) electrons. The summed E-state index contributed by atoms with van der Waals surface area (Å²) in [6, 6.07) is 10.8. The first kappa shape index (κ1) is 15.2. The van der Waals surface area contributed by atoms with Crippen LogP contribution in [0.4, 0.5) is 8.78 Å². The van der Waals surface area contributed by atoms with Crippen LogP contribution in [0.15, 0.2) is 40.9 Å². The normalized spacial score (nSPS) is 10.8. The lowest BCUT2D eigenvalue weighted by Gasteiger charge is -2.07. The van der Waals surface area contributed by atoms with E-state index in [2.05, 4.69) is 22.9 Å². The lowest BCUT2D eigenvalue weighted by molar-refractivity contribution is 0.507. The maximum atomic E-state index is 13.9. The molecule has 0 heterocycles. The summed E-state index contributed by atoms with van der Waals surface area (Å²) < 4.78 is 27.6. The zero-order valence-corrected chi connectivity index (χ0v) is 13.0. The Morgan fingerprint density at radius 1 is 0.900 bits per heavy atom. The van der Waals surface area contributed by atoms with Crippen molar-refractivity contribution in [1.82, 2.24) is 0 Å². The largest absolute Gasteiger partial charge is 0.203 e. The molecule has 0 aliphatic heterocycles. The third-order valence-electron chi connectivity index (χ3n) is 3.37.